The Morgan fingerprint density at radius 2 is 1.70 bits per heavy atom. The van der Waals surface area contributed by atoms with Gasteiger partial charge < -0.3 is 5.32 Å². The predicted octanol–water partition coefficient (Wildman–Crippen LogP) is 3.10. The highest BCUT2D eigenvalue weighted by Crippen LogP contribution is 2.27. The molecule has 1 N–H and O–H groups in total. The molecule has 2 aromatic rings. The van der Waals surface area contributed by atoms with E-state index >= 15 is 0 Å². The Morgan fingerprint density at radius 3 is 2.17 bits per heavy atom. The van der Waals surface area contributed by atoms with Crippen LogP contribution in [0.5, 0.6) is 0 Å². The molecule has 2 rings (SSSR count). The molecule has 0 spiro atoms. The molecule has 1 aromatic carbocycles. The van der Waals surface area contributed by atoms with Crippen molar-refractivity contribution in [3.05, 3.63) is 47.3 Å². The number of nitrogens with zero attached hydrogens (tertiary/aromatic N) is 2. The Hall–Kier alpha value is -2.59. The summed E-state index contributed by atoms with van der Waals surface area (Å²) in [5.41, 5.74) is -2.66. The normalized spacial score (nSPS) is 11.6. The zero-order chi connectivity index (χ0) is 17.4. The molecule has 1 heterocycles. The van der Waals surface area contributed by atoms with Gasteiger partial charge in [-0.3, -0.25) is 9.48 Å². The summed E-state index contributed by atoms with van der Waals surface area (Å²) in [5.74, 6) is -8.39. The van der Waals surface area contributed by atoms with Gasteiger partial charge in [0.25, 0.3) is 0 Å². The number of rotatable bonds is 3. The molecule has 124 valence electrons. The van der Waals surface area contributed by atoms with Gasteiger partial charge in [0.1, 0.15) is 12.2 Å². The molecule has 23 heavy (non-hydrogen) atoms. The zero-order valence-electron chi connectivity index (χ0n) is 10.9. The van der Waals surface area contributed by atoms with E-state index in [0.717, 1.165) is 6.20 Å². The van der Waals surface area contributed by atoms with Gasteiger partial charge in [-0.15, -0.1) is 0 Å². The van der Waals surface area contributed by atoms with E-state index in [-0.39, 0.29) is 6.07 Å². The van der Waals surface area contributed by atoms with Crippen molar-refractivity contribution in [3.63, 3.8) is 0 Å². The van der Waals surface area contributed by atoms with Crippen molar-refractivity contribution in [1.82, 2.24) is 9.78 Å². The molecule has 1 aromatic heterocycles. The lowest BCUT2D eigenvalue weighted by Crippen LogP contribution is -2.21. The maximum absolute atomic E-state index is 13.3. The third kappa shape index (κ3) is 3.60. The highest BCUT2D eigenvalue weighted by Gasteiger charge is 2.33. The van der Waals surface area contributed by atoms with Gasteiger partial charge in [-0.25, -0.2) is 17.6 Å². The smallest absolute Gasteiger partial charge is 0.319 e. The summed E-state index contributed by atoms with van der Waals surface area (Å²) in [6, 6.07) is 0.528. The molecular weight excluding hydrogens is 335 g/mol. The Bertz CT molecular complexity index is 728. The maximum Gasteiger partial charge on any atom is 0.435 e. The van der Waals surface area contributed by atoms with E-state index in [0.29, 0.717) is 10.7 Å². The SMILES string of the molecule is O=C(Cn1ccc(C(F)(F)F)n1)Nc1c(F)c(F)cc(F)c1F. The quantitative estimate of drug-likeness (QED) is 0.689. The molecule has 0 radical (unpaired) electrons. The Balaban J connectivity index is 2.16. The molecule has 0 fully saturated rings. The van der Waals surface area contributed by atoms with Crippen molar-refractivity contribution in [3.8, 4) is 0 Å². The zero-order valence-corrected chi connectivity index (χ0v) is 10.9. The van der Waals surface area contributed by atoms with E-state index < -0.39 is 53.3 Å². The first kappa shape index (κ1) is 16.8. The second-order valence-corrected chi connectivity index (χ2v) is 4.29. The molecule has 4 nitrogen and oxygen atoms in total. The van der Waals surface area contributed by atoms with Gasteiger partial charge in [-0.2, -0.15) is 18.3 Å². The van der Waals surface area contributed by atoms with Crippen molar-refractivity contribution in [2.45, 2.75) is 12.7 Å². The number of alkyl halides is 3. The Kier molecular flexibility index (Phi) is 4.30. The fraction of sp³-hybridized carbons (Fsp3) is 0.167. The first-order valence-electron chi connectivity index (χ1n) is 5.83. The highest BCUT2D eigenvalue weighted by atomic mass is 19.4. The van der Waals surface area contributed by atoms with Crippen LogP contribution in [0.2, 0.25) is 0 Å². The van der Waals surface area contributed by atoms with Crippen LogP contribution < -0.4 is 5.32 Å². The summed E-state index contributed by atoms with van der Waals surface area (Å²) in [4.78, 5) is 11.5. The van der Waals surface area contributed by atoms with Gasteiger partial charge in [-0.05, 0) is 6.07 Å². The molecule has 0 aliphatic heterocycles. The minimum absolute atomic E-state index is 0.0522. The third-order valence-corrected chi connectivity index (χ3v) is 2.61. The number of amides is 1. The first-order chi connectivity index (χ1) is 10.6. The van der Waals surface area contributed by atoms with Crippen LogP contribution in [-0.4, -0.2) is 15.7 Å². The number of anilines is 1. The van der Waals surface area contributed by atoms with Gasteiger partial charge in [0, 0.05) is 12.3 Å². The third-order valence-electron chi connectivity index (χ3n) is 2.61. The first-order valence-corrected chi connectivity index (χ1v) is 5.83. The van der Waals surface area contributed by atoms with Crippen LogP contribution in [0.1, 0.15) is 5.69 Å². The summed E-state index contributed by atoms with van der Waals surface area (Å²) in [6.07, 6.45) is -3.92. The number of benzene rings is 1. The molecular formula is C12H6F7N3O. The van der Waals surface area contributed by atoms with E-state index in [4.69, 9.17) is 0 Å². The van der Waals surface area contributed by atoms with Crippen LogP contribution in [0.25, 0.3) is 0 Å². The summed E-state index contributed by atoms with van der Waals surface area (Å²) < 4.78 is 90.1. The summed E-state index contributed by atoms with van der Waals surface area (Å²) in [7, 11) is 0. The second-order valence-electron chi connectivity index (χ2n) is 4.29. The van der Waals surface area contributed by atoms with E-state index in [2.05, 4.69) is 5.10 Å². The number of halogens is 7. The molecule has 0 saturated carbocycles. The molecule has 1 amide bonds. The largest absolute Gasteiger partial charge is 0.435 e. The van der Waals surface area contributed by atoms with Crippen molar-refractivity contribution in [2.24, 2.45) is 0 Å². The lowest BCUT2D eigenvalue weighted by atomic mass is 10.2. The predicted molar refractivity (Wildman–Crippen MR) is 62.1 cm³/mol. The Morgan fingerprint density at radius 1 is 1.13 bits per heavy atom. The summed E-state index contributed by atoms with van der Waals surface area (Å²) >= 11 is 0. The van der Waals surface area contributed by atoms with Crippen molar-refractivity contribution in [2.75, 3.05) is 5.32 Å². The average Bonchev–Trinajstić information content (AvgIpc) is 2.90. The fourth-order valence-electron chi connectivity index (χ4n) is 1.61. The summed E-state index contributed by atoms with van der Waals surface area (Å²) in [6.45, 7) is -0.854. The van der Waals surface area contributed by atoms with Crippen molar-refractivity contribution in [1.29, 1.82) is 0 Å². The van der Waals surface area contributed by atoms with Gasteiger partial charge in [0.15, 0.2) is 29.0 Å². The van der Waals surface area contributed by atoms with Gasteiger partial charge in [-0.1, -0.05) is 0 Å². The van der Waals surface area contributed by atoms with Crippen molar-refractivity contribution >= 4 is 11.6 Å². The lowest BCUT2D eigenvalue weighted by Gasteiger charge is -2.09. The van der Waals surface area contributed by atoms with Crippen LogP contribution in [0.3, 0.4) is 0 Å². The van der Waals surface area contributed by atoms with E-state index in [1.54, 1.807) is 5.32 Å². The molecule has 0 bridgehead atoms. The summed E-state index contributed by atoms with van der Waals surface area (Å²) in [5, 5.41) is 4.58. The van der Waals surface area contributed by atoms with Crippen LogP contribution in [0, 0.1) is 23.3 Å². The monoisotopic (exact) mass is 341 g/mol. The number of hydrogen-bond acceptors (Lipinski definition) is 2. The lowest BCUT2D eigenvalue weighted by molar-refractivity contribution is -0.141. The molecule has 0 aliphatic carbocycles. The second kappa shape index (κ2) is 5.89. The van der Waals surface area contributed by atoms with E-state index in [9.17, 15) is 35.5 Å². The van der Waals surface area contributed by atoms with E-state index in [1.807, 2.05) is 0 Å². The Labute approximate surface area is 123 Å². The molecule has 0 unspecified atom stereocenters. The number of carbonyl (C=O) groups is 1. The standard InChI is InChI=1S/C12H6F7N3O/c13-5-3-6(14)10(16)11(9(5)15)20-8(23)4-22-2-1-7(21-22)12(17,18)19/h1-3H,4H2,(H,20,23). The number of hydrogen-bond donors (Lipinski definition) is 1. The van der Waals surface area contributed by atoms with Crippen LogP contribution in [-0.2, 0) is 17.5 Å². The van der Waals surface area contributed by atoms with Gasteiger partial charge in [0.2, 0.25) is 5.91 Å². The molecule has 11 heteroatoms. The minimum atomic E-state index is -4.73. The number of nitrogens with one attached hydrogen (secondary N) is 1. The van der Waals surface area contributed by atoms with Gasteiger partial charge >= 0.3 is 6.18 Å². The van der Waals surface area contributed by atoms with Crippen LogP contribution in [0.4, 0.5) is 36.4 Å². The number of carbonyl (C=O) groups excluding carboxylic acids is 1. The topological polar surface area (TPSA) is 46.9 Å². The van der Waals surface area contributed by atoms with Crippen LogP contribution in [0.15, 0.2) is 18.3 Å². The van der Waals surface area contributed by atoms with Crippen LogP contribution >= 0.6 is 0 Å². The highest BCUT2D eigenvalue weighted by molar-refractivity contribution is 5.90. The minimum Gasteiger partial charge on any atom is -0.319 e. The average molecular weight is 341 g/mol. The number of aromatic nitrogens is 2. The molecule has 0 aliphatic rings. The van der Waals surface area contributed by atoms with Gasteiger partial charge in [0.05, 0.1) is 0 Å². The molecule has 0 atom stereocenters. The van der Waals surface area contributed by atoms with Crippen molar-refractivity contribution < 1.29 is 35.5 Å². The maximum atomic E-state index is 13.3. The fourth-order valence-corrected chi connectivity index (χ4v) is 1.61. The molecule has 0 saturated heterocycles. The van der Waals surface area contributed by atoms with E-state index in [1.165, 1.54) is 0 Å².